The summed E-state index contributed by atoms with van der Waals surface area (Å²) in [6, 6.07) is 16.8. The summed E-state index contributed by atoms with van der Waals surface area (Å²) in [5, 5.41) is 6.39. The third-order valence-corrected chi connectivity index (χ3v) is 6.59. The fraction of sp³-hybridized carbons (Fsp3) is 0.310. The number of ether oxygens (including phenoxy) is 3. The molecule has 0 saturated carbocycles. The molecule has 1 amide bonds. The Kier molecular flexibility index (Phi) is 7.48. The van der Waals surface area contributed by atoms with E-state index in [0.717, 1.165) is 27.8 Å². The Morgan fingerprint density at radius 1 is 0.972 bits per heavy atom. The lowest BCUT2D eigenvalue weighted by atomic mass is 9.95. The Morgan fingerprint density at radius 2 is 1.69 bits per heavy atom. The van der Waals surface area contributed by atoms with Crippen molar-refractivity contribution in [3.8, 4) is 28.4 Å². The van der Waals surface area contributed by atoms with Gasteiger partial charge < -0.3 is 24.8 Å². The maximum atomic E-state index is 13.4. The largest absolute Gasteiger partial charge is 0.493 e. The van der Waals surface area contributed by atoms with Crippen LogP contribution in [0.25, 0.3) is 11.1 Å². The van der Waals surface area contributed by atoms with E-state index in [1.165, 1.54) is 6.92 Å². The van der Waals surface area contributed by atoms with E-state index in [9.17, 15) is 9.59 Å². The first-order valence-electron chi connectivity index (χ1n) is 12.0. The third kappa shape index (κ3) is 4.87. The highest BCUT2D eigenvalue weighted by atomic mass is 16.5. The molecule has 0 saturated heterocycles. The number of fused-ring (bicyclic) bond motifs is 3. The molecule has 0 aromatic heterocycles. The van der Waals surface area contributed by atoms with E-state index in [1.807, 2.05) is 49.4 Å². The molecule has 0 radical (unpaired) electrons. The van der Waals surface area contributed by atoms with Gasteiger partial charge in [0.1, 0.15) is 0 Å². The molecule has 0 unspecified atom stereocenters. The number of methoxy groups -OCH3 is 3. The minimum absolute atomic E-state index is 0.0709. The molecule has 188 valence electrons. The van der Waals surface area contributed by atoms with Crippen LogP contribution < -0.4 is 30.3 Å². The van der Waals surface area contributed by atoms with Crippen molar-refractivity contribution in [2.45, 2.75) is 38.8 Å². The maximum absolute atomic E-state index is 13.4. The van der Waals surface area contributed by atoms with E-state index in [-0.39, 0.29) is 23.4 Å². The Labute approximate surface area is 211 Å². The molecule has 0 fully saturated rings. The lowest BCUT2D eigenvalue weighted by Crippen LogP contribution is -2.26. The van der Waals surface area contributed by atoms with Crippen LogP contribution in [0.15, 0.2) is 59.4 Å². The quantitative estimate of drug-likeness (QED) is 0.485. The average molecular weight is 489 g/mol. The summed E-state index contributed by atoms with van der Waals surface area (Å²) in [4.78, 5) is 25.5. The fourth-order valence-electron chi connectivity index (χ4n) is 4.89. The van der Waals surface area contributed by atoms with Crippen molar-refractivity contribution < 1.29 is 19.0 Å². The van der Waals surface area contributed by atoms with Gasteiger partial charge in [0.15, 0.2) is 11.5 Å². The maximum Gasteiger partial charge on any atom is 0.217 e. The minimum Gasteiger partial charge on any atom is -0.493 e. The summed E-state index contributed by atoms with van der Waals surface area (Å²) in [7, 11) is 4.74. The lowest BCUT2D eigenvalue weighted by Gasteiger charge is -2.19. The van der Waals surface area contributed by atoms with Gasteiger partial charge >= 0.3 is 0 Å². The average Bonchev–Trinajstić information content (AvgIpc) is 3.12. The van der Waals surface area contributed by atoms with Crippen molar-refractivity contribution in [1.82, 2.24) is 5.32 Å². The Bertz CT molecular complexity index is 1320. The molecule has 7 nitrogen and oxygen atoms in total. The van der Waals surface area contributed by atoms with E-state index in [0.29, 0.717) is 35.8 Å². The molecule has 1 aliphatic carbocycles. The molecule has 3 aromatic rings. The van der Waals surface area contributed by atoms with Crippen molar-refractivity contribution in [2.75, 3.05) is 26.6 Å². The van der Waals surface area contributed by atoms with E-state index in [4.69, 9.17) is 14.2 Å². The number of amides is 1. The third-order valence-electron chi connectivity index (χ3n) is 6.59. The second-order valence-electron chi connectivity index (χ2n) is 8.87. The smallest absolute Gasteiger partial charge is 0.217 e. The number of carbonyl (C=O) groups is 1. The molecule has 2 N–H and O–H groups in total. The standard InChI is InChI=1S/C29H32N2O5/c1-17(19-9-7-6-8-10-19)30-24-14-12-21-22(16-25(24)33)23(31-18(2)32)13-11-20-15-26(34-3)28(35-4)29(36-5)27(20)21/h6-10,12,14-17,23H,11,13H2,1-5H3,(H,30,33)(H,31,32)/t17-,23+/m1/s1. The summed E-state index contributed by atoms with van der Waals surface area (Å²) in [6.07, 6.45) is 1.27. The Balaban J connectivity index is 1.93. The molecule has 4 rings (SSSR count). The topological polar surface area (TPSA) is 85.9 Å². The molecule has 7 heteroatoms. The predicted molar refractivity (Wildman–Crippen MR) is 141 cm³/mol. The highest BCUT2D eigenvalue weighted by Crippen LogP contribution is 2.50. The van der Waals surface area contributed by atoms with Crippen LogP contribution in [0.4, 0.5) is 5.69 Å². The van der Waals surface area contributed by atoms with E-state index < -0.39 is 0 Å². The summed E-state index contributed by atoms with van der Waals surface area (Å²) < 4.78 is 17.1. The van der Waals surface area contributed by atoms with E-state index in [1.54, 1.807) is 33.5 Å². The lowest BCUT2D eigenvalue weighted by molar-refractivity contribution is -0.119. The van der Waals surface area contributed by atoms with Gasteiger partial charge in [-0.3, -0.25) is 9.59 Å². The predicted octanol–water partition coefficient (Wildman–Crippen LogP) is 5.04. The van der Waals surface area contributed by atoms with Crippen LogP contribution in [0, 0.1) is 0 Å². The van der Waals surface area contributed by atoms with Gasteiger partial charge in [-0.05, 0) is 60.2 Å². The fourth-order valence-corrected chi connectivity index (χ4v) is 4.89. The van der Waals surface area contributed by atoms with Crippen molar-refractivity contribution >= 4 is 11.6 Å². The number of benzene rings is 2. The van der Waals surface area contributed by atoms with Crippen LogP contribution in [0.5, 0.6) is 17.2 Å². The normalized spacial score (nSPS) is 15.0. The zero-order valence-electron chi connectivity index (χ0n) is 21.3. The highest BCUT2D eigenvalue weighted by molar-refractivity contribution is 5.83. The van der Waals surface area contributed by atoms with Crippen LogP contribution >= 0.6 is 0 Å². The molecular weight excluding hydrogens is 456 g/mol. The van der Waals surface area contributed by atoms with Gasteiger partial charge in [-0.1, -0.05) is 36.4 Å². The van der Waals surface area contributed by atoms with Crippen molar-refractivity contribution in [3.63, 3.8) is 0 Å². The zero-order valence-corrected chi connectivity index (χ0v) is 21.3. The number of rotatable bonds is 7. The van der Waals surface area contributed by atoms with Gasteiger partial charge in [0.05, 0.1) is 33.1 Å². The van der Waals surface area contributed by atoms with Gasteiger partial charge in [0, 0.05) is 18.5 Å². The van der Waals surface area contributed by atoms with Gasteiger partial charge in [0.25, 0.3) is 0 Å². The zero-order chi connectivity index (χ0) is 25.8. The minimum atomic E-state index is -0.342. The van der Waals surface area contributed by atoms with E-state index >= 15 is 0 Å². The molecule has 0 aliphatic heterocycles. The van der Waals surface area contributed by atoms with Crippen molar-refractivity contribution in [3.05, 3.63) is 81.5 Å². The molecule has 3 aromatic carbocycles. The van der Waals surface area contributed by atoms with Gasteiger partial charge in [-0.2, -0.15) is 0 Å². The van der Waals surface area contributed by atoms with Gasteiger partial charge in [-0.25, -0.2) is 0 Å². The first-order chi connectivity index (χ1) is 17.4. The second-order valence-corrected chi connectivity index (χ2v) is 8.87. The molecular formula is C29H32N2O5. The number of hydrogen-bond acceptors (Lipinski definition) is 6. The molecule has 0 heterocycles. The summed E-state index contributed by atoms with van der Waals surface area (Å²) in [5.41, 5.74) is 4.75. The first-order valence-corrected chi connectivity index (χ1v) is 12.0. The van der Waals surface area contributed by atoms with Crippen molar-refractivity contribution in [1.29, 1.82) is 0 Å². The number of anilines is 1. The van der Waals surface area contributed by atoms with Crippen LogP contribution in [0.1, 0.15) is 49.0 Å². The summed E-state index contributed by atoms with van der Waals surface area (Å²) >= 11 is 0. The van der Waals surface area contributed by atoms with Gasteiger partial charge in [0.2, 0.25) is 17.1 Å². The number of aryl methyl sites for hydroxylation is 1. The highest BCUT2D eigenvalue weighted by Gasteiger charge is 2.29. The molecule has 1 aliphatic rings. The SMILES string of the molecule is COc1cc2c(c(OC)c1OC)-c1ccc(N[C@H](C)c3ccccc3)c(=O)cc1[C@@H](NC(C)=O)CC2. The molecule has 2 atom stereocenters. The number of carbonyl (C=O) groups excluding carboxylic acids is 1. The monoisotopic (exact) mass is 488 g/mol. The number of hydrogen-bond donors (Lipinski definition) is 2. The van der Waals surface area contributed by atoms with Gasteiger partial charge in [-0.15, -0.1) is 0 Å². The van der Waals surface area contributed by atoms with E-state index in [2.05, 4.69) is 10.6 Å². The molecule has 36 heavy (non-hydrogen) atoms. The van der Waals surface area contributed by atoms with Crippen LogP contribution in [0.3, 0.4) is 0 Å². The van der Waals surface area contributed by atoms with Crippen molar-refractivity contribution in [2.24, 2.45) is 0 Å². The molecule has 0 bridgehead atoms. The van der Waals surface area contributed by atoms with Crippen LogP contribution in [-0.4, -0.2) is 27.2 Å². The van der Waals surface area contributed by atoms with Crippen LogP contribution in [-0.2, 0) is 11.2 Å². The molecule has 0 spiro atoms. The summed E-state index contributed by atoms with van der Waals surface area (Å²) in [5.74, 6) is 1.42. The summed E-state index contributed by atoms with van der Waals surface area (Å²) in [6.45, 7) is 3.50. The second kappa shape index (κ2) is 10.7. The van der Waals surface area contributed by atoms with Crippen LogP contribution in [0.2, 0.25) is 0 Å². The first kappa shape index (κ1) is 25.1. The Morgan fingerprint density at radius 3 is 2.33 bits per heavy atom. The number of nitrogens with one attached hydrogen (secondary N) is 2. The Hall–Kier alpha value is -4.00.